The van der Waals surface area contributed by atoms with E-state index in [0.29, 0.717) is 38.3 Å². The van der Waals surface area contributed by atoms with Gasteiger partial charge in [-0.3, -0.25) is 19.6 Å². The predicted molar refractivity (Wildman–Crippen MR) is 78.3 cm³/mol. The number of amides is 2. The molecule has 1 atom stereocenters. The Morgan fingerprint density at radius 1 is 1.48 bits per heavy atom. The van der Waals surface area contributed by atoms with Gasteiger partial charge >= 0.3 is 0 Å². The molecular formula is C15H22N4O2. The summed E-state index contributed by atoms with van der Waals surface area (Å²) in [5.74, 6) is 0.345. The van der Waals surface area contributed by atoms with Crippen LogP contribution in [0.15, 0.2) is 18.6 Å². The fourth-order valence-electron chi connectivity index (χ4n) is 2.53. The van der Waals surface area contributed by atoms with Gasteiger partial charge in [0, 0.05) is 38.1 Å². The van der Waals surface area contributed by atoms with E-state index in [1.54, 1.807) is 23.5 Å². The summed E-state index contributed by atoms with van der Waals surface area (Å²) in [6.45, 7) is 5.24. The summed E-state index contributed by atoms with van der Waals surface area (Å²) in [7, 11) is 0. The van der Waals surface area contributed by atoms with E-state index >= 15 is 0 Å². The molecule has 0 spiro atoms. The number of carbonyl (C=O) groups excluding carboxylic acids is 2. The highest BCUT2D eigenvalue weighted by atomic mass is 16.2. The van der Waals surface area contributed by atoms with Crippen LogP contribution in [0.2, 0.25) is 0 Å². The summed E-state index contributed by atoms with van der Waals surface area (Å²) in [5.41, 5.74) is 0.799. The maximum atomic E-state index is 12.4. The van der Waals surface area contributed by atoms with Crippen LogP contribution in [0.4, 0.5) is 0 Å². The number of aromatic nitrogens is 2. The number of carbonyl (C=O) groups is 2. The zero-order valence-corrected chi connectivity index (χ0v) is 12.6. The third kappa shape index (κ3) is 4.24. The van der Waals surface area contributed by atoms with Crippen LogP contribution in [-0.2, 0) is 16.0 Å². The monoisotopic (exact) mass is 290 g/mol. The molecule has 1 saturated heterocycles. The molecule has 1 aromatic heterocycles. The van der Waals surface area contributed by atoms with Gasteiger partial charge in [0.1, 0.15) is 6.04 Å². The Morgan fingerprint density at radius 3 is 2.95 bits per heavy atom. The second-order valence-corrected chi connectivity index (χ2v) is 5.72. The molecular weight excluding hydrogens is 268 g/mol. The lowest BCUT2D eigenvalue weighted by Gasteiger charge is -2.36. The molecule has 2 amide bonds. The van der Waals surface area contributed by atoms with Gasteiger partial charge in [-0.2, -0.15) is 0 Å². The van der Waals surface area contributed by atoms with Crippen molar-refractivity contribution in [3.05, 3.63) is 24.3 Å². The SMILES string of the molecule is CC(C)CC1C(=O)NCCN1C(=O)CCc1cnccn1. The van der Waals surface area contributed by atoms with E-state index < -0.39 is 0 Å². The lowest BCUT2D eigenvalue weighted by Crippen LogP contribution is -2.57. The fraction of sp³-hybridized carbons (Fsp3) is 0.600. The average Bonchev–Trinajstić information content (AvgIpc) is 2.47. The second kappa shape index (κ2) is 7.15. The zero-order valence-electron chi connectivity index (χ0n) is 12.6. The third-order valence-corrected chi connectivity index (χ3v) is 3.56. The smallest absolute Gasteiger partial charge is 0.242 e. The summed E-state index contributed by atoms with van der Waals surface area (Å²) in [5, 5.41) is 2.84. The zero-order chi connectivity index (χ0) is 15.2. The van der Waals surface area contributed by atoms with Crippen LogP contribution < -0.4 is 5.32 Å². The van der Waals surface area contributed by atoms with Gasteiger partial charge in [0.05, 0.1) is 5.69 Å². The van der Waals surface area contributed by atoms with E-state index in [9.17, 15) is 9.59 Å². The third-order valence-electron chi connectivity index (χ3n) is 3.56. The first-order valence-corrected chi connectivity index (χ1v) is 7.40. The van der Waals surface area contributed by atoms with Crippen molar-refractivity contribution < 1.29 is 9.59 Å². The molecule has 0 bridgehead atoms. The molecule has 0 aliphatic carbocycles. The van der Waals surface area contributed by atoms with Crippen LogP contribution in [0.25, 0.3) is 0 Å². The standard InChI is InChI=1S/C15H22N4O2/c1-11(2)9-13-15(21)18-7-8-19(13)14(20)4-3-12-10-16-5-6-17-12/h5-6,10-11,13H,3-4,7-9H2,1-2H3,(H,18,21). The van der Waals surface area contributed by atoms with Crippen molar-refractivity contribution in [3.63, 3.8) is 0 Å². The predicted octanol–water partition coefficient (Wildman–Crippen LogP) is 0.782. The maximum Gasteiger partial charge on any atom is 0.242 e. The quantitative estimate of drug-likeness (QED) is 0.869. The number of piperazine rings is 1. The highest BCUT2D eigenvalue weighted by molar-refractivity contribution is 5.88. The number of rotatable bonds is 5. The van der Waals surface area contributed by atoms with Gasteiger partial charge in [-0.15, -0.1) is 0 Å². The first-order valence-electron chi connectivity index (χ1n) is 7.40. The molecule has 0 saturated carbocycles. The molecule has 0 radical (unpaired) electrons. The molecule has 1 fully saturated rings. The maximum absolute atomic E-state index is 12.4. The van der Waals surface area contributed by atoms with Crippen molar-refractivity contribution in [2.45, 2.75) is 39.2 Å². The molecule has 114 valence electrons. The minimum absolute atomic E-state index is 0.0150. The van der Waals surface area contributed by atoms with Gasteiger partial charge in [-0.1, -0.05) is 13.8 Å². The van der Waals surface area contributed by atoms with Crippen molar-refractivity contribution >= 4 is 11.8 Å². The molecule has 0 aromatic carbocycles. The Balaban J connectivity index is 1.96. The Kier molecular flexibility index (Phi) is 5.25. The average molecular weight is 290 g/mol. The molecule has 1 unspecified atom stereocenters. The first kappa shape index (κ1) is 15.4. The van der Waals surface area contributed by atoms with Crippen LogP contribution in [-0.4, -0.2) is 45.8 Å². The van der Waals surface area contributed by atoms with Gasteiger partial charge in [0.15, 0.2) is 0 Å². The van der Waals surface area contributed by atoms with E-state index in [1.165, 1.54) is 0 Å². The van der Waals surface area contributed by atoms with E-state index in [4.69, 9.17) is 0 Å². The summed E-state index contributed by atoms with van der Waals surface area (Å²) < 4.78 is 0. The van der Waals surface area contributed by atoms with Crippen molar-refractivity contribution in [2.24, 2.45) is 5.92 Å². The lowest BCUT2D eigenvalue weighted by atomic mass is 9.99. The molecule has 2 rings (SSSR count). The number of aryl methyl sites for hydroxylation is 1. The Labute approximate surface area is 125 Å². The summed E-state index contributed by atoms with van der Waals surface area (Å²) in [6.07, 6.45) is 6.51. The fourth-order valence-corrected chi connectivity index (χ4v) is 2.53. The number of nitrogens with one attached hydrogen (secondary N) is 1. The van der Waals surface area contributed by atoms with Crippen LogP contribution >= 0.6 is 0 Å². The van der Waals surface area contributed by atoms with Crippen molar-refractivity contribution in [3.8, 4) is 0 Å². The highest BCUT2D eigenvalue weighted by Gasteiger charge is 2.32. The molecule has 1 aromatic rings. The molecule has 2 heterocycles. The second-order valence-electron chi connectivity index (χ2n) is 5.72. The molecule has 1 N–H and O–H groups in total. The van der Waals surface area contributed by atoms with E-state index in [2.05, 4.69) is 29.1 Å². The molecule has 1 aliphatic rings. The van der Waals surface area contributed by atoms with Crippen molar-refractivity contribution in [1.82, 2.24) is 20.2 Å². The van der Waals surface area contributed by atoms with Gasteiger partial charge in [-0.25, -0.2) is 0 Å². The van der Waals surface area contributed by atoms with Crippen LogP contribution in [0.3, 0.4) is 0 Å². The number of nitrogens with zero attached hydrogens (tertiary/aromatic N) is 3. The van der Waals surface area contributed by atoms with Crippen LogP contribution in [0.5, 0.6) is 0 Å². The van der Waals surface area contributed by atoms with Gasteiger partial charge < -0.3 is 10.2 Å². The van der Waals surface area contributed by atoms with E-state index in [1.807, 2.05) is 0 Å². The topological polar surface area (TPSA) is 75.2 Å². The molecule has 1 aliphatic heterocycles. The molecule has 6 heteroatoms. The number of hydrogen-bond acceptors (Lipinski definition) is 4. The van der Waals surface area contributed by atoms with Gasteiger partial charge in [0.2, 0.25) is 11.8 Å². The summed E-state index contributed by atoms with van der Waals surface area (Å²) in [6, 6.07) is -0.340. The highest BCUT2D eigenvalue weighted by Crippen LogP contribution is 2.16. The van der Waals surface area contributed by atoms with Crippen LogP contribution in [0, 0.1) is 5.92 Å². The van der Waals surface area contributed by atoms with Crippen LogP contribution in [0.1, 0.15) is 32.4 Å². The Hall–Kier alpha value is -1.98. The number of hydrogen-bond donors (Lipinski definition) is 1. The summed E-state index contributed by atoms with van der Waals surface area (Å²) >= 11 is 0. The lowest BCUT2D eigenvalue weighted by molar-refractivity contribution is -0.143. The van der Waals surface area contributed by atoms with Gasteiger partial charge in [-0.05, 0) is 18.8 Å². The van der Waals surface area contributed by atoms with Gasteiger partial charge in [0.25, 0.3) is 0 Å². The van der Waals surface area contributed by atoms with Crippen molar-refractivity contribution in [2.75, 3.05) is 13.1 Å². The molecule has 21 heavy (non-hydrogen) atoms. The van der Waals surface area contributed by atoms with E-state index in [0.717, 1.165) is 5.69 Å². The Morgan fingerprint density at radius 2 is 2.29 bits per heavy atom. The summed E-state index contributed by atoms with van der Waals surface area (Å²) in [4.78, 5) is 34.3. The minimum atomic E-state index is -0.340. The molecule has 6 nitrogen and oxygen atoms in total. The normalized spacial score (nSPS) is 18.7. The first-order chi connectivity index (χ1) is 10.1. The minimum Gasteiger partial charge on any atom is -0.353 e. The Bertz CT molecular complexity index is 490. The van der Waals surface area contributed by atoms with E-state index in [-0.39, 0.29) is 17.9 Å². The van der Waals surface area contributed by atoms with Crippen molar-refractivity contribution in [1.29, 1.82) is 0 Å². The largest absolute Gasteiger partial charge is 0.353 e.